The molecule has 0 saturated heterocycles. The molecule has 0 fully saturated rings. The van der Waals surface area contributed by atoms with Crippen LogP contribution in [-0.2, 0) is 4.74 Å². The fourth-order valence-electron chi connectivity index (χ4n) is 1.82. The molecule has 4 nitrogen and oxygen atoms in total. The minimum atomic E-state index is -0.329. The molecule has 0 bridgehead atoms. The summed E-state index contributed by atoms with van der Waals surface area (Å²) in [4.78, 5) is 11.8. The number of ether oxygens (including phenoxy) is 2. The number of unbranched alkanes of at least 4 members (excludes halogenated alkanes) is 4. The van der Waals surface area contributed by atoms with Crippen LogP contribution in [0, 0.1) is 0 Å². The maximum Gasteiger partial charge on any atom is 0.338 e. The van der Waals surface area contributed by atoms with Gasteiger partial charge in [-0.15, -0.1) is 0 Å². The minimum absolute atomic E-state index is 0.329. The summed E-state index contributed by atoms with van der Waals surface area (Å²) in [5.41, 5.74) is 6.66. The first-order valence-corrected chi connectivity index (χ1v) is 6.79. The van der Waals surface area contributed by atoms with E-state index in [0.29, 0.717) is 23.6 Å². The van der Waals surface area contributed by atoms with E-state index in [-0.39, 0.29) is 5.97 Å². The first kappa shape index (κ1) is 15.3. The van der Waals surface area contributed by atoms with Crippen LogP contribution in [0.25, 0.3) is 0 Å². The van der Waals surface area contributed by atoms with Crippen molar-refractivity contribution in [3.63, 3.8) is 0 Å². The lowest BCUT2D eigenvalue weighted by Gasteiger charge is -2.07. The van der Waals surface area contributed by atoms with Crippen molar-refractivity contribution in [2.24, 2.45) is 0 Å². The largest absolute Gasteiger partial charge is 0.495 e. The van der Waals surface area contributed by atoms with Gasteiger partial charge in [0.25, 0.3) is 0 Å². The van der Waals surface area contributed by atoms with E-state index in [1.54, 1.807) is 25.3 Å². The van der Waals surface area contributed by atoms with Crippen LogP contribution in [0.15, 0.2) is 18.2 Å². The molecule has 0 aliphatic rings. The smallest absolute Gasteiger partial charge is 0.338 e. The molecule has 0 aliphatic carbocycles. The molecule has 2 N–H and O–H groups in total. The van der Waals surface area contributed by atoms with Crippen molar-refractivity contribution in [3.8, 4) is 5.75 Å². The average Bonchev–Trinajstić information content (AvgIpc) is 2.42. The van der Waals surface area contributed by atoms with Gasteiger partial charge >= 0.3 is 5.97 Å². The van der Waals surface area contributed by atoms with E-state index < -0.39 is 0 Å². The number of esters is 1. The number of hydrogen-bond acceptors (Lipinski definition) is 4. The van der Waals surface area contributed by atoms with Gasteiger partial charge in [-0.3, -0.25) is 0 Å². The Morgan fingerprint density at radius 3 is 2.58 bits per heavy atom. The van der Waals surface area contributed by atoms with Crippen LogP contribution in [0.1, 0.15) is 49.4 Å². The Morgan fingerprint density at radius 2 is 1.95 bits per heavy atom. The fourth-order valence-corrected chi connectivity index (χ4v) is 1.82. The summed E-state index contributed by atoms with van der Waals surface area (Å²) >= 11 is 0. The number of benzene rings is 1. The number of nitrogens with two attached hydrogens (primary N) is 1. The number of nitrogen functional groups attached to an aromatic ring is 1. The van der Waals surface area contributed by atoms with Gasteiger partial charge in [0.15, 0.2) is 0 Å². The number of anilines is 1. The quantitative estimate of drug-likeness (QED) is 0.444. The zero-order valence-corrected chi connectivity index (χ0v) is 11.8. The second-order valence-corrected chi connectivity index (χ2v) is 4.51. The third-order valence-corrected chi connectivity index (χ3v) is 2.95. The molecule has 1 aromatic carbocycles. The zero-order valence-electron chi connectivity index (χ0n) is 11.8. The molecule has 4 heteroatoms. The van der Waals surface area contributed by atoms with Crippen LogP contribution in [0.3, 0.4) is 0 Å². The van der Waals surface area contributed by atoms with Crippen molar-refractivity contribution in [2.45, 2.75) is 39.0 Å². The molecule has 0 radical (unpaired) electrons. The van der Waals surface area contributed by atoms with Crippen molar-refractivity contribution >= 4 is 11.7 Å². The third-order valence-electron chi connectivity index (χ3n) is 2.95. The van der Waals surface area contributed by atoms with Gasteiger partial charge in [-0.25, -0.2) is 4.79 Å². The molecule has 0 unspecified atom stereocenters. The molecule has 0 heterocycles. The number of carbonyl (C=O) groups is 1. The Bertz CT molecular complexity index is 404. The Balaban J connectivity index is 2.35. The Hall–Kier alpha value is -1.71. The summed E-state index contributed by atoms with van der Waals surface area (Å²) in [5, 5.41) is 0. The van der Waals surface area contributed by atoms with E-state index >= 15 is 0 Å². The lowest BCUT2D eigenvalue weighted by molar-refractivity contribution is 0.0497. The molecule has 1 rings (SSSR count). The topological polar surface area (TPSA) is 61.5 Å². The lowest BCUT2D eigenvalue weighted by atomic mass is 10.1. The Morgan fingerprint density at radius 1 is 1.21 bits per heavy atom. The minimum Gasteiger partial charge on any atom is -0.495 e. The van der Waals surface area contributed by atoms with E-state index in [1.165, 1.54) is 19.3 Å². The maximum atomic E-state index is 11.8. The molecular formula is C15H23NO3. The summed E-state index contributed by atoms with van der Waals surface area (Å²) < 4.78 is 10.2. The molecule has 0 saturated carbocycles. The van der Waals surface area contributed by atoms with E-state index in [0.717, 1.165) is 12.8 Å². The molecule has 0 aliphatic heterocycles. The highest BCUT2D eigenvalue weighted by Crippen LogP contribution is 2.22. The first-order chi connectivity index (χ1) is 9.19. The summed E-state index contributed by atoms with van der Waals surface area (Å²) in [5.74, 6) is 0.237. The van der Waals surface area contributed by atoms with Gasteiger partial charge in [0.1, 0.15) is 5.75 Å². The molecule has 0 amide bonds. The molecule has 0 spiro atoms. The van der Waals surface area contributed by atoms with Crippen molar-refractivity contribution in [1.82, 2.24) is 0 Å². The fraction of sp³-hybridized carbons (Fsp3) is 0.533. The number of carbonyl (C=O) groups excluding carboxylic acids is 1. The summed E-state index contributed by atoms with van der Waals surface area (Å²) in [6, 6.07) is 4.92. The molecule has 0 atom stereocenters. The second-order valence-electron chi connectivity index (χ2n) is 4.51. The predicted octanol–water partition coefficient (Wildman–Crippen LogP) is 3.40. The van der Waals surface area contributed by atoms with Crippen LogP contribution in [-0.4, -0.2) is 19.7 Å². The highest BCUT2D eigenvalue weighted by Gasteiger charge is 2.09. The SMILES string of the molecule is CCCCCCCOC(=O)c1ccc(OC)c(N)c1. The second kappa shape index (κ2) is 8.40. The molecule has 0 aromatic heterocycles. The van der Waals surface area contributed by atoms with Crippen LogP contribution in [0.4, 0.5) is 5.69 Å². The highest BCUT2D eigenvalue weighted by molar-refractivity contribution is 5.91. The van der Waals surface area contributed by atoms with Crippen LogP contribution < -0.4 is 10.5 Å². The van der Waals surface area contributed by atoms with Crippen LogP contribution in [0.2, 0.25) is 0 Å². The Labute approximate surface area is 114 Å². The molecule has 106 valence electrons. The van der Waals surface area contributed by atoms with Crippen molar-refractivity contribution in [1.29, 1.82) is 0 Å². The van der Waals surface area contributed by atoms with Crippen molar-refractivity contribution in [2.75, 3.05) is 19.5 Å². The molecule has 19 heavy (non-hydrogen) atoms. The van der Waals surface area contributed by atoms with Crippen LogP contribution in [0.5, 0.6) is 5.75 Å². The summed E-state index contributed by atoms with van der Waals surface area (Å²) in [7, 11) is 1.54. The Kier molecular flexibility index (Phi) is 6.79. The summed E-state index contributed by atoms with van der Waals surface area (Å²) in [6.07, 6.45) is 5.67. The lowest BCUT2D eigenvalue weighted by Crippen LogP contribution is -2.07. The normalized spacial score (nSPS) is 10.2. The van der Waals surface area contributed by atoms with Gasteiger partial charge < -0.3 is 15.2 Å². The van der Waals surface area contributed by atoms with Crippen LogP contribution >= 0.6 is 0 Å². The van der Waals surface area contributed by atoms with Crippen molar-refractivity contribution < 1.29 is 14.3 Å². The van der Waals surface area contributed by atoms with Gasteiger partial charge in [-0.05, 0) is 24.6 Å². The average molecular weight is 265 g/mol. The first-order valence-electron chi connectivity index (χ1n) is 6.79. The number of hydrogen-bond donors (Lipinski definition) is 1. The van der Waals surface area contributed by atoms with Gasteiger partial charge in [0.05, 0.1) is 25.0 Å². The van der Waals surface area contributed by atoms with Gasteiger partial charge in [-0.1, -0.05) is 32.6 Å². The monoisotopic (exact) mass is 265 g/mol. The maximum absolute atomic E-state index is 11.8. The molecule has 1 aromatic rings. The third kappa shape index (κ3) is 5.20. The molecular weight excluding hydrogens is 242 g/mol. The van der Waals surface area contributed by atoms with Crippen molar-refractivity contribution in [3.05, 3.63) is 23.8 Å². The van der Waals surface area contributed by atoms with Gasteiger partial charge in [0, 0.05) is 0 Å². The van der Waals surface area contributed by atoms with E-state index in [2.05, 4.69) is 6.92 Å². The number of methoxy groups -OCH3 is 1. The van der Waals surface area contributed by atoms with E-state index in [4.69, 9.17) is 15.2 Å². The van der Waals surface area contributed by atoms with Gasteiger partial charge in [0.2, 0.25) is 0 Å². The summed E-state index contributed by atoms with van der Waals surface area (Å²) in [6.45, 7) is 2.64. The zero-order chi connectivity index (χ0) is 14.1. The standard InChI is InChI=1S/C15H23NO3/c1-3-4-5-6-7-10-19-15(17)12-8-9-14(18-2)13(16)11-12/h8-9,11H,3-7,10,16H2,1-2H3. The van der Waals surface area contributed by atoms with E-state index in [9.17, 15) is 4.79 Å². The highest BCUT2D eigenvalue weighted by atomic mass is 16.5. The van der Waals surface area contributed by atoms with E-state index in [1.807, 2.05) is 0 Å². The predicted molar refractivity (Wildman–Crippen MR) is 76.4 cm³/mol. The number of rotatable bonds is 8. The van der Waals surface area contributed by atoms with Gasteiger partial charge in [-0.2, -0.15) is 0 Å².